The molecule has 0 amide bonds. The van der Waals surface area contributed by atoms with Gasteiger partial charge in [-0.25, -0.2) is 9.97 Å². The quantitative estimate of drug-likeness (QED) is 0.539. The molecule has 1 aliphatic heterocycles. The summed E-state index contributed by atoms with van der Waals surface area (Å²) in [7, 11) is 1.55. The number of ether oxygens (including phenoxy) is 1. The van der Waals surface area contributed by atoms with Crippen molar-refractivity contribution in [1.82, 2.24) is 9.97 Å². The van der Waals surface area contributed by atoms with Gasteiger partial charge >= 0.3 is 5.97 Å². The number of carboxylic acid groups (broad SMARTS) is 1. The van der Waals surface area contributed by atoms with E-state index in [9.17, 15) is 9.90 Å². The number of hydrogen-bond acceptors (Lipinski definition) is 5. The highest BCUT2D eigenvalue weighted by atomic mass is 16.5. The Balaban J connectivity index is 1.34. The first-order valence-electron chi connectivity index (χ1n) is 10.6. The first-order valence-corrected chi connectivity index (χ1v) is 10.6. The zero-order chi connectivity index (χ0) is 20.5. The smallest absolute Gasteiger partial charge is 0.311 e. The molecule has 156 valence electrons. The van der Waals surface area contributed by atoms with E-state index in [0.29, 0.717) is 12.3 Å². The number of nitrogens with one attached hydrogen (secondary N) is 1. The fourth-order valence-corrected chi connectivity index (χ4v) is 3.84. The highest BCUT2D eigenvalue weighted by Crippen LogP contribution is 2.24. The molecule has 6 nitrogen and oxygen atoms in total. The maximum atomic E-state index is 11.6. The Morgan fingerprint density at radius 3 is 2.76 bits per heavy atom. The number of hydrogen-bond donors (Lipinski definition) is 2. The minimum Gasteiger partial charge on any atom is -0.481 e. The molecule has 0 unspecified atom stereocenters. The van der Waals surface area contributed by atoms with Crippen LogP contribution in [0.4, 0.5) is 5.82 Å². The molecule has 0 radical (unpaired) electrons. The number of anilines is 1. The molecule has 2 aromatic heterocycles. The second-order valence-electron chi connectivity index (χ2n) is 7.67. The number of aryl methyl sites for hydroxylation is 2. The lowest BCUT2D eigenvalue weighted by Gasteiger charge is -2.17. The number of carboxylic acids is 1. The zero-order valence-electron chi connectivity index (χ0n) is 17.2. The van der Waals surface area contributed by atoms with Crippen molar-refractivity contribution >= 4 is 11.8 Å². The van der Waals surface area contributed by atoms with Crippen molar-refractivity contribution in [3.63, 3.8) is 0 Å². The van der Waals surface area contributed by atoms with Gasteiger partial charge in [-0.15, -0.1) is 0 Å². The summed E-state index contributed by atoms with van der Waals surface area (Å²) in [5.74, 6) is 0.285. The van der Waals surface area contributed by atoms with Crippen molar-refractivity contribution in [2.75, 3.05) is 19.0 Å². The van der Waals surface area contributed by atoms with Gasteiger partial charge in [-0.05, 0) is 49.3 Å². The lowest BCUT2D eigenvalue weighted by atomic mass is 9.94. The average molecular weight is 398 g/mol. The molecule has 0 fully saturated rings. The predicted molar refractivity (Wildman–Crippen MR) is 114 cm³/mol. The summed E-state index contributed by atoms with van der Waals surface area (Å²) < 4.78 is 5.04. The van der Waals surface area contributed by atoms with Crippen molar-refractivity contribution in [3.05, 3.63) is 47.3 Å². The van der Waals surface area contributed by atoms with Crippen LogP contribution < -0.4 is 10.1 Å². The number of nitrogens with zero attached hydrogens (tertiary/aromatic N) is 2. The second-order valence-corrected chi connectivity index (χ2v) is 7.67. The third-order valence-electron chi connectivity index (χ3n) is 5.55. The summed E-state index contributed by atoms with van der Waals surface area (Å²) in [4.78, 5) is 20.5. The monoisotopic (exact) mass is 397 g/mol. The molecule has 2 N–H and O–H groups in total. The largest absolute Gasteiger partial charge is 0.481 e. The minimum absolute atomic E-state index is 0.499. The molecule has 3 rings (SSSR count). The lowest BCUT2D eigenvalue weighted by Crippen LogP contribution is -2.14. The van der Waals surface area contributed by atoms with Crippen molar-refractivity contribution in [3.8, 4) is 5.88 Å². The molecule has 0 saturated heterocycles. The highest BCUT2D eigenvalue weighted by molar-refractivity contribution is 5.75. The van der Waals surface area contributed by atoms with E-state index in [-0.39, 0.29) is 0 Å². The molecule has 0 bridgehead atoms. The van der Waals surface area contributed by atoms with E-state index in [1.165, 1.54) is 12.0 Å². The molecule has 0 saturated carbocycles. The molecule has 0 spiro atoms. The van der Waals surface area contributed by atoms with Crippen LogP contribution in [0.15, 0.2) is 30.5 Å². The van der Waals surface area contributed by atoms with Crippen molar-refractivity contribution < 1.29 is 14.6 Å². The number of pyridine rings is 2. The van der Waals surface area contributed by atoms with Gasteiger partial charge < -0.3 is 15.2 Å². The van der Waals surface area contributed by atoms with Crippen LogP contribution >= 0.6 is 0 Å². The number of carbonyl (C=O) groups is 1. The Labute approximate surface area is 172 Å². The second kappa shape index (κ2) is 10.8. The van der Waals surface area contributed by atoms with Crippen molar-refractivity contribution in [2.45, 2.75) is 63.7 Å². The van der Waals surface area contributed by atoms with E-state index >= 15 is 0 Å². The SMILES string of the molecule is COc1ccc([C@H](CCCCCCCc2ccc3c(n2)NCCC3)C(=O)O)cn1. The van der Waals surface area contributed by atoms with Crippen LogP contribution in [-0.4, -0.2) is 34.7 Å². The van der Waals surface area contributed by atoms with E-state index in [2.05, 4.69) is 22.4 Å². The van der Waals surface area contributed by atoms with Crippen LogP contribution in [0.3, 0.4) is 0 Å². The Bertz CT molecular complexity index is 792. The third-order valence-corrected chi connectivity index (χ3v) is 5.55. The van der Waals surface area contributed by atoms with Crippen LogP contribution in [0, 0.1) is 0 Å². The summed E-state index contributed by atoms with van der Waals surface area (Å²) in [5, 5.41) is 12.9. The zero-order valence-corrected chi connectivity index (χ0v) is 17.2. The number of unbranched alkanes of at least 4 members (excludes halogenated alkanes) is 4. The van der Waals surface area contributed by atoms with Crippen LogP contribution in [0.1, 0.15) is 67.7 Å². The fraction of sp³-hybridized carbons (Fsp3) is 0.522. The van der Waals surface area contributed by atoms with Gasteiger partial charge in [-0.2, -0.15) is 0 Å². The first-order chi connectivity index (χ1) is 14.2. The third kappa shape index (κ3) is 6.17. The van der Waals surface area contributed by atoms with Crippen molar-refractivity contribution in [2.24, 2.45) is 0 Å². The van der Waals surface area contributed by atoms with Crippen LogP contribution in [0.2, 0.25) is 0 Å². The topological polar surface area (TPSA) is 84.3 Å². The molecule has 0 aliphatic carbocycles. The molecule has 2 aromatic rings. The molecule has 0 aromatic carbocycles. The van der Waals surface area contributed by atoms with Crippen LogP contribution in [-0.2, 0) is 17.6 Å². The Morgan fingerprint density at radius 1 is 1.17 bits per heavy atom. The van der Waals surface area contributed by atoms with E-state index in [4.69, 9.17) is 9.72 Å². The normalized spacial score (nSPS) is 14.0. The van der Waals surface area contributed by atoms with Gasteiger partial charge in [0.2, 0.25) is 5.88 Å². The molecule has 29 heavy (non-hydrogen) atoms. The van der Waals surface area contributed by atoms with E-state index < -0.39 is 11.9 Å². The summed E-state index contributed by atoms with van der Waals surface area (Å²) >= 11 is 0. The van der Waals surface area contributed by atoms with Gasteiger partial charge in [0.15, 0.2) is 0 Å². The van der Waals surface area contributed by atoms with Gasteiger partial charge in [0, 0.05) is 24.5 Å². The Kier molecular flexibility index (Phi) is 7.85. The standard InChI is InChI=1S/C23H31N3O3/c1-29-21-14-12-18(16-25-21)20(23(27)28)10-6-4-2-3-5-9-19-13-11-17-8-7-15-24-22(17)26-19/h11-14,16,20H,2-10,15H2,1H3,(H,24,26)(H,27,28)/t20-/m0/s1. The molecule has 1 atom stereocenters. The molecule has 1 aliphatic rings. The number of rotatable bonds is 11. The van der Waals surface area contributed by atoms with E-state index in [0.717, 1.165) is 68.6 Å². The summed E-state index contributed by atoms with van der Waals surface area (Å²) in [6.07, 6.45) is 10.9. The van der Waals surface area contributed by atoms with Gasteiger partial charge in [0.1, 0.15) is 5.82 Å². The van der Waals surface area contributed by atoms with Crippen LogP contribution in [0.5, 0.6) is 5.88 Å². The molecule has 6 heteroatoms. The number of fused-ring (bicyclic) bond motifs is 1. The molecular formula is C23H31N3O3. The van der Waals surface area contributed by atoms with Gasteiger partial charge in [0.05, 0.1) is 13.0 Å². The van der Waals surface area contributed by atoms with Gasteiger partial charge in [-0.1, -0.05) is 37.8 Å². The minimum atomic E-state index is -0.788. The highest BCUT2D eigenvalue weighted by Gasteiger charge is 2.19. The van der Waals surface area contributed by atoms with E-state index in [1.54, 1.807) is 25.4 Å². The number of aromatic nitrogens is 2. The predicted octanol–water partition coefficient (Wildman–Crippen LogP) is 4.59. The van der Waals surface area contributed by atoms with Crippen molar-refractivity contribution in [1.29, 1.82) is 0 Å². The summed E-state index contributed by atoms with van der Waals surface area (Å²) in [6.45, 7) is 1.02. The number of methoxy groups -OCH3 is 1. The lowest BCUT2D eigenvalue weighted by molar-refractivity contribution is -0.139. The summed E-state index contributed by atoms with van der Waals surface area (Å²) in [5.41, 5.74) is 3.24. The molecule has 3 heterocycles. The maximum absolute atomic E-state index is 11.6. The van der Waals surface area contributed by atoms with Crippen LogP contribution in [0.25, 0.3) is 0 Å². The van der Waals surface area contributed by atoms with Gasteiger partial charge in [-0.3, -0.25) is 4.79 Å². The maximum Gasteiger partial charge on any atom is 0.311 e. The Hall–Kier alpha value is -2.63. The average Bonchev–Trinajstić information content (AvgIpc) is 2.75. The summed E-state index contributed by atoms with van der Waals surface area (Å²) in [6, 6.07) is 7.89. The van der Waals surface area contributed by atoms with Gasteiger partial charge in [0.25, 0.3) is 0 Å². The van der Waals surface area contributed by atoms with E-state index in [1.807, 2.05) is 0 Å². The Morgan fingerprint density at radius 2 is 2.00 bits per heavy atom. The molecular weight excluding hydrogens is 366 g/mol. The number of aliphatic carboxylic acids is 1. The fourth-order valence-electron chi connectivity index (χ4n) is 3.84. The first kappa shape index (κ1) is 21.1.